The standard InChI is InChI=1S/C14H14ClN3O3/c15-11-3-1-10(2-4-11)14(20,7-18-9-16-8-17-18)12-5-6-21-13(12)19/h1-4,8-9,12,20H,5-7H2. The second kappa shape index (κ2) is 5.46. The number of cyclic esters (lactones) is 1. The topological polar surface area (TPSA) is 77.2 Å². The Morgan fingerprint density at radius 3 is 2.76 bits per heavy atom. The molecule has 1 aromatic heterocycles. The molecule has 2 atom stereocenters. The highest BCUT2D eigenvalue weighted by Gasteiger charge is 2.47. The van der Waals surface area contributed by atoms with Crippen LogP contribution in [0.2, 0.25) is 5.02 Å². The molecule has 1 aromatic carbocycles. The van der Waals surface area contributed by atoms with Crippen molar-refractivity contribution in [1.82, 2.24) is 14.8 Å². The predicted octanol–water partition coefficient (Wildman–Crippen LogP) is 1.38. The maximum Gasteiger partial charge on any atom is 0.312 e. The molecular weight excluding hydrogens is 294 g/mol. The number of hydrogen-bond donors (Lipinski definition) is 1. The van der Waals surface area contributed by atoms with E-state index in [1.165, 1.54) is 17.3 Å². The molecule has 0 spiro atoms. The molecule has 2 unspecified atom stereocenters. The molecule has 110 valence electrons. The molecule has 6 nitrogen and oxygen atoms in total. The van der Waals surface area contributed by atoms with Crippen LogP contribution in [0.1, 0.15) is 12.0 Å². The summed E-state index contributed by atoms with van der Waals surface area (Å²) in [6.07, 6.45) is 3.35. The molecule has 1 saturated heterocycles. The second-order valence-corrected chi connectivity index (χ2v) is 5.47. The van der Waals surface area contributed by atoms with Crippen molar-refractivity contribution in [3.63, 3.8) is 0 Å². The van der Waals surface area contributed by atoms with E-state index < -0.39 is 17.5 Å². The molecule has 0 aliphatic carbocycles. The SMILES string of the molecule is O=C1OCCC1C(O)(Cn1cncn1)c1ccc(Cl)cc1. The van der Waals surface area contributed by atoms with Crippen LogP contribution < -0.4 is 0 Å². The molecule has 0 radical (unpaired) electrons. The summed E-state index contributed by atoms with van der Waals surface area (Å²) in [4.78, 5) is 15.8. The minimum Gasteiger partial charge on any atom is -0.465 e. The van der Waals surface area contributed by atoms with E-state index in [9.17, 15) is 9.90 Å². The Labute approximate surface area is 126 Å². The van der Waals surface area contributed by atoms with Gasteiger partial charge in [-0.3, -0.25) is 4.79 Å². The van der Waals surface area contributed by atoms with Crippen LogP contribution in [0.5, 0.6) is 0 Å². The minimum atomic E-state index is -1.41. The van der Waals surface area contributed by atoms with Crippen molar-refractivity contribution in [3.8, 4) is 0 Å². The quantitative estimate of drug-likeness (QED) is 0.864. The van der Waals surface area contributed by atoms with Crippen molar-refractivity contribution in [1.29, 1.82) is 0 Å². The summed E-state index contributed by atoms with van der Waals surface area (Å²) < 4.78 is 6.51. The molecule has 21 heavy (non-hydrogen) atoms. The summed E-state index contributed by atoms with van der Waals surface area (Å²) in [5.41, 5.74) is -0.808. The molecule has 1 fully saturated rings. The first kappa shape index (κ1) is 14.0. The Morgan fingerprint density at radius 1 is 1.43 bits per heavy atom. The van der Waals surface area contributed by atoms with Gasteiger partial charge in [-0.2, -0.15) is 5.10 Å². The number of esters is 1. The maximum atomic E-state index is 11.9. The van der Waals surface area contributed by atoms with Gasteiger partial charge in [0.15, 0.2) is 0 Å². The minimum absolute atomic E-state index is 0.119. The lowest BCUT2D eigenvalue weighted by atomic mass is 9.80. The van der Waals surface area contributed by atoms with E-state index in [0.717, 1.165) is 0 Å². The van der Waals surface area contributed by atoms with Gasteiger partial charge in [-0.1, -0.05) is 23.7 Å². The second-order valence-electron chi connectivity index (χ2n) is 5.03. The Kier molecular flexibility index (Phi) is 3.65. The fourth-order valence-corrected chi connectivity index (χ4v) is 2.76. The Hall–Kier alpha value is -1.92. The van der Waals surface area contributed by atoms with Crippen molar-refractivity contribution in [3.05, 3.63) is 47.5 Å². The number of rotatable bonds is 4. The van der Waals surface area contributed by atoms with Crippen LogP contribution in [0.25, 0.3) is 0 Å². The van der Waals surface area contributed by atoms with Crippen molar-refractivity contribution < 1.29 is 14.6 Å². The van der Waals surface area contributed by atoms with Gasteiger partial charge in [-0.25, -0.2) is 9.67 Å². The van der Waals surface area contributed by atoms with Crippen molar-refractivity contribution in [2.24, 2.45) is 5.92 Å². The number of aliphatic hydroxyl groups is 1. The summed E-state index contributed by atoms with van der Waals surface area (Å²) in [5.74, 6) is -1.03. The Balaban J connectivity index is 2.00. The number of nitrogens with zero attached hydrogens (tertiary/aromatic N) is 3. The zero-order chi connectivity index (χ0) is 14.9. The molecule has 3 rings (SSSR count). The third-order valence-corrected chi connectivity index (χ3v) is 3.98. The van der Waals surface area contributed by atoms with Crippen LogP contribution >= 0.6 is 11.6 Å². The Morgan fingerprint density at radius 2 is 2.19 bits per heavy atom. The normalized spacial score (nSPS) is 21.0. The summed E-state index contributed by atoms with van der Waals surface area (Å²) in [5, 5.41) is 15.8. The van der Waals surface area contributed by atoms with Gasteiger partial charge >= 0.3 is 5.97 Å². The van der Waals surface area contributed by atoms with Crippen LogP contribution in [0.4, 0.5) is 0 Å². The monoisotopic (exact) mass is 307 g/mol. The van der Waals surface area contributed by atoms with Crippen LogP contribution in [-0.4, -0.2) is 32.4 Å². The first-order valence-corrected chi connectivity index (χ1v) is 6.95. The highest BCUT2D eigenvalue weighted by Crippen LogP contribution is 2.37. The lowest BCUT2D eigenvalue weighted by Gasteiger charge is -2.32. The van der Waals surface area contributed by atoms with E-state index >= 15 is 0 Å². The van der Waals surface area contributed by atoms with Crippen LogP contribution in [-0.2, 0) is 21.7 Å². The first-order chi connectivity index (χ1) is 10.1. The van der Waals surface area contributed by atoms with Crippen LogP contribution in [0.15, 0.2) is 36.9 Å². The lowest BCUT2D eigenvalue weighted by molar-refractivity contribution is -0.150. The number of carbonyl (C=O) groups is 1. The molecule has 1 aliphatic heterocycles. The molecule has 7 heteroatoms. The van der Waals surface area contributed by atoms with E-state index in [0.29, 0.717) is 23.6 Å². The highest BCUT2D eigenvalue weighted by molar-refractivity contribution is 6.30. The summed E-state index contributed by atoms with van der Waals surface area (Å²) in [6, 6.07) is 6.79. The van der Waals surface area contributed by atoms with Crippen molar-refractivity contribution in [2.45, 2.75) is 18.6 Å². The number of ether oxygens (including phenoxy) is 1. The van der Waals surface area contributed by atoms with Gasteiger partial charge in [-0.15, -0.1) is 0 Å². The van der Waals surface area contributed by atoms with Gasteiger partial charge in [-0.05, 0) is 24.1 Å². The van der Waals surface area contributed by atoms with Gasteiger partial charge in [0.05, 0.1) is 19.1 Å². The first-order valence-electron chi connectivity index (χ1n) is 6.57. The fraction of sp³-hybridized carbons (Fsp3) is 0.357. The smallest absolute Gasteiger partial charge is 0.312 e. The number of halogens is 1. The molecule has 0 bridgehead atoms. The van der Waals surface area contributed by atoms with Crippen LogP contribution in [0.3, 0.4) is 0 Å². The third kappa shape index (κ3) is 2.64. The van der Waals surface area contributed by atoms with E-state index in [-0.39, 0.29) is 6.54 Å². The van der Waals surface area contributed by atoms with Crippen molar-refractivity contribution >= 4 is 17.6 Å². The highest BCUT2D eigenvalue weighted by atomic mass is 35.5. The summed E-state index contributed by atoms with van der Waals surface area (Å²) in [6.45, 7) is 0.436. The number of carbonyl (C=O) groups excluding carboxylic acids is 1. The average Bonchev–Trinajstić information content (AvgIpc) is 3.11. The van der Waals surface area contributed by atoms with Gasteiger partial charge in [0.25, 0.3) is 0 Å². The average molecular weight is 308 g/mol. The van der Waals surface area contributed by atoms with E-state index in [2.05, 4.69) is 10.1 Å². The van der Waals surface area contributed by atoms with Gasteiger partial charge < -0.3 is 9.84 Å². The molecule has 0 saturated carbocycles. The van der Waals surface area contributed by atoms with Gasteiger partial charge in [0.1, 0.15) is 18.3 Å². The molecule has 2 heterocycles. The lowest BCUT2D eigenvalue weighted by Crippen LogP contribution is -2.41. The number of benzene rings is 1. The molecule has 1 N–H and O–H groups in total. The largest absolute Gasteiger partial charge is 0.465 e. The molecule has 0 amide bonds. The predicted molar refractivity (Wildman–Crippen MR) is 74.4 cm³/mol. The van der Waals surface area contributed by atoms with Gasteiger partial charge in [0.2, 0.25) is 0 Å². The Bertz CT molecular complexity index is 629. The number of hydrogen-bond acceptors (Lipinski definition) is 5. The van der Waals surface area contributed by atoms with Gasteiger partial charge in [0, 0.05) is 5.02 Å². The molecule has 2 aromatic rings. The fourth-order valence-electron chi connectivity index (χ4n) is 2.63. The number of aromatic nitrogens is 3. The van der Waals surface area contributed by atoms with Crippen molar-refractivity contribution in [2.75, 3.05) is 6.61 Å². The van der Waals surface area contributed by atoms with E-state index in [1.54, 1.807) is 24.3 Å². The van der Waals surface area contributed by atoms with E-state index in [4.69, 9.17) is 16.3 Å². The molecule has 1 aliphatic rings. The van der Waals surface area contributed by atoms with E-state index in [1.807, 2.05) is 0 Å². The molecular formula is C14H14ClN3O3. The maximum absolute atomic E-state index is 11.9. The third-order valence-electron chi connectivity index (χ3n) is 3.73. The summed E-state index contributed by atoms with van der Waals surface area (Å²) in [7, 11) is 0. The zero-order valence-corrected chi connectivity index (χ0v) is 11.9. The zero-order valence-electron chi connectivity index (χ0n) is 11.1. The summed E-state index contributed by atoms with van der Waals surface area (Å²) >= 11 is 5.89. The van der Waals surface area contributed by atoms with Crippen LogP contribution in [0, 0.1) is 5.92 Å².